The van der Waals surface area contributed by atoms with E-state index in [2.05, 4.69) is 44.3 Å². The number of hydrogen-bond donors (Lipinski definition) is 1. The van der Waals surface area contributed by atoms with Crippen LogP contribution >= 0.6 is 0 Å². The van der Waals surface area contributed by atoms with Crippen molar-refractivity contribution in [3.8, 4) is 0 Å². The number of carbonyl (C=O) groups excluding carboxylic acids is 2. The van der Waals surface area contributed by atoms with E-state index in [0.29, 0.717) is 19.4 Å². The van der Waals surface area contributed by atoms with E-state index in [1.807, 2.05) is 4.90 Å². The van der Waals surface area contributed by atoms with Gasteiger partial charge in [-0.25, -0.2) is 0 Å². The SMILES string of the molecule is Cc1cccc2c1CC(C)(C)N(C(=O)CC1CCCC(=O)N1)C2. The van der Waals surface area contributed by atoms with E-state index >= 15 is 0 Å². The molecule has 23 heavy (non-hydrogen) atoms. The van der Waals surface area contributed by atoms with Crippen molar-refractivity contribution in [1.82, 2.24) is 10.2 Å². The summed E-state index contributed by atoms with van der Waals surface area (Å²) in [7, 11) is 0. The number of benzene rings is 1. The van der Waals surface area contributed by atoms with Crippen LogP contribution in [0, 0.1) is 6.92 Å². The molecule has 4 nitrogen and oxygen atoms in total. The summed E-state index contributed by atoms with van der Waals surface area (Å²) in [5, 5.41) is 2.96. The molecule has 2 amide bonds. The lowest BCUT2D eigenvalue weighted by molar-refractivity contribution is -0.139. The molecule has 2 aliphatic heterocycles. The Hall–Kier alpha value is -1.84. The molecule has 1 aromatic rings. The summed E-state index contributed by atoms with van der Waals surface area (Å²) < 4.78 is 0. The smallest absolute Gasteiger partial charge is 0.225 e. The Morgan fingerprint density at radius 3 is 2.91 bits per heavy atom. The van der Waals surface area contributed by atoms with Crippen LogP contribution in [0.4, 0.5) is 0 Å². The van der Waals surface area contributed by atoms with Crippen molar-refractivity contribution in [2.75, 3.05) is 0 Å². The van der Waals surface area contributed by atoms with Crippen LogP contribution in [0.5, 0.6) is 0 Å². The van der Waals surface area contributed by atoms with Crippen molar-refractivity contribution in [1.29, 1.82) is 0 Å². The van der Waals surface area contributed by atoms with Gasteiger partial charge in [0.15, 0.2) is 0 Å². The molecule has 0 bridgehead atoms. The molecular formula is C19H26N2O2. The first-order valence-electron chi connectivity index (χ1n) is 8.54. The van der Waals surface area contributed by atoms with Gasteiger partial charge in [-0.1, -0.05) is 18.2 Å². The van der Waals surface area contributed by atoms with Crippen molar-refractivity contribution >= 4 is 11.8 Å². The molecule has 3 rings (SSSR count). The van der Waals surface area contributed by atoms with Gasteiger partial charge in [-0.3, -0.25) is 9.59 Å². The average molecular weight is 314 g/mol. The standard InChI is InChI=1S/C19H26N2O2/c1-13-6-4-7-14-12-21(19(2,3)11-16(13)14)18(23)10-15-8-5-9-17(22)20-15/h4,6-7,15H,5,8-12H2,1-3H3,(H,20,22). The molecule has 1 aromatic carbocycles. The minimum atomic E-state index is -0.186. The quantitative estimate of drug-likeness (QED) is 0.912. The van der Waals surface area contributed by atoms with Gasteiger partial charge in [0.1, 0.15) is 0 Å². The Labute approximate surface area is 138 Å². The molecule has 0 saturated carbocycles. The fraction of sp³-hybridized carbons (Fsp3) is 0.579. The van der Waals surface area contributed by atoms with Gasteiger partial charge in [0.2, 0.25) is 11.8 Å². The first kappa shape index (κ1) is 16.0. The van der Waals surface area contributed by atoms with Crippen LogP contribution in [0.25, 0.3) is 0 Å². The summed E-state index contributed by atoms with van der Waals surface area (Å²) in [6.45, 7) is 7.09. The number of hydrogen-bond acceptors (Lipinski definition) is 2. The molecule has 2 heterocycles. The van der Waals surface area contributed by atoms with E-state index < -0.39 is 0 Å². The van der Waals surface area contributed by atoms with Gasteiger partial charge in [-0.2, -0.15) is 0 Å². The molecule has 0 spiro atoms. The van der Waals surface area contributed by atoms with Gasteiger partial charge in [0.25, 0.3) is 0 Å². The maximum Gasteiger partial charge on any atom is 0.225 e. The molecule has 1 N–H and O–H groups in total. The zero-order valence-corrected chi connectivity index (χ0v) is 14.3. The highest BCUT2D eigenvalue weighted by Crippen LogP contribution is 2.33. The Morgan fingerprint density at radius 1 is 1.39 bits per heavy atom. The van der Waals surface area contributed by atoms with Crippen molar-refractivity contribution < 1.29 is 9.59 Å². The third kappa shape index (κ3) is 3.26. The van der Waals surface area contributed by atoms with Crippen LogP contribution in [-0.2, 0) is 22.6 Å². The predicted molar refractivity (Wildman–Crippen MR) is 89.9 cm³/mol. The van der Waals surface area contributed by atoms with E-state index in [-0.39, 0.29) is 23.4 Å². The van der Waals surface area contributed by atoms with Gasteiger partial charge >= 0.3 is 0 Å². The molecule has 1 fully saturated rings. The highest BCUT2D eigenvalue weighted by molar-refractivity contribution is 5.81. The second kappa shape index (κ2) is 5.99. The Balaban J connectivity index is 1.76. The highest BCUT2D eigenvalue weighted by atomic mass is 16.2. The van der Waals surface area contributed by atoms with Crippen LogP contribution in [-0.4, -0.2) is 28.3 Å². The predicted octanol–water partition coefficient (Wildman–Crippen LogP) is 2.72. The van der Waals surface area contributed by atoms with Crippen molar-refractivity contribution in [3.63, 3.8) is 0 Å². The number of nitrogens with one attached hydrogen (secondary N) is 1. The Kier molecular flexibility index (Phi) is 4.17. The number of carbonyl (C=O) groups is 2. The summed E-state index contributed by atoms with van der Waals surface area (Å²) in [5.41, 5.74) is 3.76. The lowest BCUT2D eigenvalue weighted by Crippen LogP contribution is -2.53. The molecule has 0 radical (unpaired) electrons. The largest absolute Gasteiger partial charge is 0.353 e. The maximum absolute atomic E-state index is 12.9. The molecule has 2 aliphatic rings. The fourth-order valence-electron chi connectivity index (χ4n) is 3.86. The van der Waals surface area contributed by atoms with Gasteiger partial charge in [-0.15, -0.1) is 0 Å². The number of amides is 2. The second-order valence-electron chi connectivity index (χ2n) is 7.54. The molecule has 4 heteroatoms. The van der Waals surface area contributed by atoms with Gasteiger partial charge in [0.05, 0.1) is 0 Å². The van der Waals surface area contributed by atoms with Gasteiger partial charge in [-0.05, 0) is 56.7 Å². The number of aryl methyl sites for hydroxylation is 1. The van der Waals surface area contributed by atoms with E-state index in [0.717, 1.165) is 19.3 Å². The summed E-state index contributed by atoms with van der Waals surface area (Å²) in [5.74, 6) is 0.224. The van der Waals surface area contributed by atoms with E-state index in [1.54, 1.807) is 0 Å². The number of nitrogens with zero attached hydrogens (tertiary/aromatic N) is 1. The summed E-state index contributed by atoms with van der Waals surface area (Å²) >= 11 is 0. The second-order valence-corrected chi connectivity index (χ2v) is 7.54. The molecule has 0 aliphatic carbocycles. The first-order valence-corrected chi connectivity index (χ1v) is 8.54. The zero-order valence-electron chi connectivity index (χ0n) is 14.3. The number of fused-ring (bicyclic) bond motifs is 1. The van der Waals surface area contributed by atoms with E-state index in [9.17, 15) is 9.59 Å². The minimum Gasteiger partial charge on any atom is -0.353 e. The Morgan fingerprint density at radius 2 is 2.17 bits per heavy atom. The highest BCUT2D eigenvalue weighted by Gasteiger charge is 2.37. The lowest BCUT2D eigenvalue weighted by Gasteiger charge is -2.44. The van der Waals surface area contributed by atoms with Gasteiger partial charge < -0.3 is 10.2 Å². The van der Waals surface area contributed by atoms with Crippen LogP contribution in [0.1, 0.15) is 56.2 Å². The van der Waals surface area contributed by atoms with Crippen LogP contribution in [0.3, 0.4) is 0 Å². The van der Waals surface area contributed by atoms with Crippen molar-refractivity contribution in [2.24, 2.45) is 0 Å². The summed E-state index contributed by atoms with van der Waals surface area (Å²) in [4.78, 5) is 26.4. The maximum atomic E-state index is 12.9. The van der Waals surface area contributed by atoms with Crippen molar-refractivity contribution in [3.05, 3.63) is 34.9 Å². The first-order chi connectivity index (χ1) is 10.9. The Bertz CT molecular complexity index is 636. The normalized spacial score (nSPS) is 23.2. The van der Waals surface area contributed by atoms with Gasteiger partial charge in [0, 0.05) is 31.0 Å². The molecule has 0 aromatic heterocycles. The van der Waals surface area contributed by atoms with E-state index in [1.165, 1.54) is 16.7 Å². The molecule has 1 unspecified atom stereocenters. The van der Waals surface area contributed by atoms with Crippen LogP contribution in [0.2, 0.25) is 0 Å². The third-order valence-electron chi connectivity index (χ3n) is 5.22. The fourth-order valence-corrected chi connectivity index (χ4v) is 3.86. The zero-order chi connectivity index (χ0) is 16.6. The average Bonchev–Trinajstić information content (AvgIpc) is 2.47. The summed E-state index contributed by atoms with van der Waals surface area (Å²) in [6, 6.07) is 6.33. The van der Waals surface area contributed by atoms with Crippen LogP contribution < -0.4 is 5.32 Å². The van der Waals surface area contributed by atoms with Crippen molar-refractivity contribution in [2.45, 2.75) is 71.0 Å². The minimum absolute atomic E-state index is 0.00143. The molecule has 1 saturated heterocycles. The number of piperidine rings is 1. The monoisotopic (exact) mass is 314 g/mol. The molecule has 1 atom stereocenters. The summed E-state index contributed by atoms with van der Waals surface area (Å²) in [6.07, 6.45) is 3.68. The molecule has 124 valence electrons. The van der Waals surface area contributed by atoms with Crippen LogP contribution in [0.15, 0.2) is 18.2 Å². The lowest BCUT2D eigenvalue weighted by atomic mass is 9.83. The van der Waals surface area contributed by atoms with E-state index in [4.69, 9.17) is 0 Å². The number of rotatable bonds is 2. The third-order valence-corrected chi connectivity index (χ3v) is 5.22. The molecular weight excluding hydrogens is 288 g/mol. The topological polar surface area (TPSA) is 49.4 Å².